The Balaban J connectivity index is 1.70. The molecule has 1 aliphatic rings. The van der Waals surface area contributed by atoms with Gasteiger partial charge in [-0.15, -0.1) is 0 Å². The topological polar surface area (TPSA) is 86.8 Å². The molecule has 1 atom stereocenters. The molecular weight excluding hydrogens is 488 g/mol. The third kappa shape index (κ3) is 7.74. The maximum Gasteiger partial charge on any atom is 0.242 e. The Kier molecular flexibility index (Phi) is 9.42. The summed E-state index contributed by atoms with van der Waals surface area (Å²) < 4.78 is 52.4. The molecule has 1 saturated carbocycles. The zero-order valence-electron chi connectivity index (χ0n) is 20.6. The second-order valence-corrected chi connectivity index (χ2v) is 11.1. The van der Waals surface area contributed by atoms with Crippen molar-refractivity contribution in [3.8, 4) is 0 Å². The molecule has 1 N–H and O–H groups in total. The molecule has 1 fully saturated rings. The van der Waals surface area contributed by atoms with Gasteiger partial charge in [-0.05, 0) is 68.1 Å². The van der Waals surface area contributed by atoms with Crippen LogP contribution < -0.4 is 9.62 Å². The molecule has 0 aliphatic heterocycles. The van der Waals surface area contributed by atoms with Gasteiger partial charge in [0, 0.05) is 25.6 Å². The highest BCUT2D eigenvalue weighted by atomic mass is 32.2. The molecule has 2 amide bonds. The highest BCUT2D eigenvalue weighted by molar-refractivity contribution is 7.92. The summed E-state index contributed by atoms with van der Waals surface area (Å²) in [5.41, 5.74) is 0.980. The van der Waals surface area contributed by atoms with Crippen LogP contribution in [-0.2, 0) is 26.2 Å². The number of benzene rings is 2. The molecule has 3 rings (SSSR count). The number of sulfonamides is 1. The number of nitrogens with one attached hydrogen (secondary N) is 1. The van der Waals surface area contributed by atoms with Crippen molar-refractivity contribution >= 4 is 27.5 Å². The maximum atomic E-state index is 13.4. The number of rotatable bonds is 11. The number of carbonyl (C=O) groups is 2. The number of hydrogen-bond donors (Lipinski definition) is 1. The smallest absolute Gasteiger partial charge is 0.242 e. The van der Waals surface area contributed by atoms with Crippen LogP contribution >= 0.6 is 0 Å². The molecule has 0 spiro atoms. The summed E-state index contributed by atoms with van der Waals surface area (Å²) >= 11 is 0. The Morgan fingerprint density at radius 2 is 1.56 bits per heavy atom. The van der Waals surface area contributed by atoms with Crippen molar-refractivity contribution in [1.29, 1.82) is 0 Å². The van der Waals surface area contributed by atoms with Crippen molar-refractivity contribution in [1.82, 2.24) is 10.2 Å². The van der Waals surface area contributed by atoms with Crippen LogP contribution in [0.3, 0.4) is 0 Å². The molecule has 0 aromatic heterocycles. The Labute approximate surface area is 211 Å². The van der Waals surface area contributed by atoms with Gasteiger partial charge in [-0.2, -0.15) is 0 Å². The summed E-state index contributed by atoms with van der Waals surface area (Å²) in [7, 11) is -3.66. The normalized spacial score (nSPS) is 14.9. The van der Waals surface area contributed by atoms with Crippen molar-refractivity contribution in [2.75, 3.05) is 17.1 Å². The van der Waals surface area contributed by atoms with Crippen LogP contribution in [0.5, 0.6) is 0 Å². The third-order valence-electron chi connectivity index (χ3n) is 6.40. The molecule has 10 heteroatoms. The van der Waals surface area contributed by atoms with Crippen LogP contribution in [0, 0.1) is 11.6 Å². The summed E-state index contributed by atoms with van der Waals surface area (Å²) in [5, 5.41) is 3.02. The molecular formula is C26H33F2N3O4S. The fourth-order valence-corrected chi connectivity index (χ4v) is 5.34. The van der Waals surface area contributed by atoms with Crippen LogP contribution in [-0.4, -0.2) is 50.0 Å². The Hall–Kier alpha value is -3.01. The lowest BCUT2D eigenvalue weighted by Gasteiger charge is -2.30. The minimum atomic E-state index is -3.66. The Morgan fingerprint density at radius 3 is 2.11 bits per heavy atom. The van der Waals surface area contributed by atoms with Gasteiger partial charge >= 0.3 is 0 Å². The SMILES string of the molecule is C[C@H](C(=O)NC1CCCC1)N(Cc1ccc(F)cc1)C(=O)CCCN(c1ccc(F)cc1)S(C)(=O)=O. The molecule has 36 heavy (non-hydrogen) atoms. The first-order chi connectivity index (χ1) is 17.0. The second kappa shape index (κ2) is 12.3. The zero-order chi connectivity index (χ0) is 26.3. The van der Waals surface area contributed by atoms with E-state index in [1.54, 1.807) is 19.1 Å². The molecule has 2 aromatic carbocycles. The van der Waals surface area contributed by atoms with Crippen molar-refractivity contribution < 1.29 is 26.8 Å². The second-order valence-electron chi connectivity index (χ2n) is 9.23. The first kappa shape index (κ1) is 27.6. The Bertz CT molecular complexity index is 1130. The third-order valence-corrected chi connectivity index (χ3v) is 7.60. The lowest BCUT2D eigenvalue weighted by Crippen LogP contribution is -2.49. The summed E-state index contributed by atoms with van der Waals surface area (Å²) in [6.07, 6.45) is 5.18. The number of hydrogen-bond acceptors (Lipinski definition) is 4. The summed E-state index contributed by atoms with van der Waals surface area (Å²) in [6.45, 7) is 1.79. The number of carbonyl (C=O) groups excluding carboxylic acids is 2. The van der Waals surface area contributed by atoms with Crippen molar-refractivity contribution in [2.24, 2.45) is 0 Å². The summed E-state index contributed by atoms with van der Waals surface area (Å²) in [4.78, 5) is 27.6. The van der Waals surface area contributed by atoms with Gasteiger partial charge in [0.15, 0.2) is 0 Å². The van der Waals surface area contributed by atoms with E-state index in [9.17, 15) is 26.8 Å². The van der Waals surface area contributed by atoms with Gasteiger partial charge in [-0.1, -0.05) is 25.0 Å². The average Bonchev–Trinajstić information content (AvgIpc) is 3.34. The van der Waals surface area contributed by atoms with Gasteiger partial charge in [0.1, 0.15) is 17.7 Å². The Morgan fingerprint density at radius 1 is 1.00 bits per heavy atom. The van der Waals surface area contributed by atoms with E-state index in [1.807, 2.05) is 0 Å². The number of anilines is 1. The van der Waals surface area contributed by atoms with E-state index in [4.69, 9.17) is 0 Å². The lowest BCUT2D eigenvalue weighted by molar-refractivity contribution is -0.141. The maximum absolute atomic E-state index is 13.4. The molecule has 0 heterocycles. The van der Waals surface area contributed by atoms with E-state index in [-0.39, 0.29) is 43.8 Å². The molecule has 196 valence electrons. The number of amides is 2. The van der Waals surface area contributed by atoms with Crippen molar-refractivity contribution in [3.63, 3.8) is 0 Å². The first-order valence-corrected chi connectivity index (χ1v) is 14.0. The fraction of sp³-hybridized carbons (Fsp3) is 0.462. The predicted molar refractivity (Wildman–Crippen MR) is 135 cm³/mol. The van der Waals surface area contributed by atoms with Crippen LogP contribution in [0.15, 0.2) is 48.5 Å². The van der Waals surface area contributed by atoms with E-state index in [0.717, 1.165) is 36.2 Å². The average molecular weight is 522 g/mol. The van der Waals surface area contributed by atoms with Gasteiger partial charge in [0.2, 0.25) is 21.8 Å². The van der Waals surface area contributed by atoms with Crippen LogP contribution in [0.4, 0.5) is 14.5 Å². The van der Waals surface area contributed by atoms with Gasteiger partial charge < -0.3 is 10.2 Å². The monoisotopic (exact) mass is 521 g/mol. The standard InChI is InChI=1S/C26H33F2N3O4S/c1-19(26(33)29-23-6-3-4-7-23)30(18-20-9-11-21(27)12-10-20)25(32)8-5-17-31(36(2,34)35)24-15-13-22(28)14-16-24/h9-16,19,23H,3-8,17-18H2,1-2H3,(H,29,33)/t19-/m1/s1. The van der Waals surface area contributed by atoms with Gasteiger partial charge in [-0.3, -0.25) is 13.9 Å². The minimum absolute atomic E-state index is 0.00451. The quantitative estimate of drug-likeness (QED) is 0.485. The minimum Gasteiger partial charge on any atom is -0.352 e. The summed E-state index contributed by atoms with van der Waals surface area (Å²) in [6, 6.07) is 10.2. The molecule has 7 nitrogen and oxygen atoms in total. The van der Waals surface area contributed by atoms with Crippen molar-refractivity contribution in [2.45, 2.75) is 64.1 Å². The molecule has 0 bridgehead atoms. The highest BCUT2D eigenvalue weighted by Crippen LogP contribution is 2.21. The van der Waals surface area contributed by atoms with E-state index < -0.39 is 27.7 Å². The highest BCUT2D eigenvalue weighted by Gasteiger charge is 2.28. The molecule has 0 radical (unpaired) electrons. The van der Waals surface area contributed by atoms with Gasteiger partial charge in [-0.25, -0.2) is 17.2 Å². The van der Waals surface area contributed by atoms with Gasteiger partial charge in [0.25, 0.3) is 0 Å². The largest absolute Gasteiger partial charge is 0.352 e. The van der Waals surface area contributed by atoms with Crippen LogP contribution in [0.25, 0.3) is 0 Å². The molecule has 2 aromatic rings. The van der Waals surface area contributed by atoms with Crippen molar-refractivity contribution in [3.05, 3.63) is 65.7 Å². The van der Waals surface area contributed by atoms with E-state index in [1.165, 1.54) is 41.3 Å². The van der Waals surface area contributed by atoms with Crippen LogP contribution in [0.2, 0.25) is 0 Å². The van der Waals surface area contributed by atoms with E-state index in [0.29, 0.717) is 11.3 Å². The number of halogens is 2. The molecule has 0 saturated heterocycles. The molecule has 0 unspecified atom stereocenters. The fourth-order valence-electron chi connectivity index (χ4n) is 4.37. The first-order valence-electron chi connectivity index (χ1n) is 12.1. The van der Waals surface area contributed by atoms with E-state index >= 15 is 0 Å². The zero-order valence-corrected chi connectivity index (χ0v) is 21.4. The van der Waals surface area contributed by atoms with Crippen LogP contribution in [0.1, 0.15) is 51.0 Å². The lowest BCUT2D eigenvalue weighted by atomic mass is 10.1. The van der Waals surface area contributed by atoms with Gasteiger partial charge in [0.05, 0.1) is 11.9 Å². The number of nitrogens with zero attached hydrogens (tertiary/aromatic N) is 2. The predicted octanol–water partition coefficient (Wildman–Crippen LogP) is 3.99. The summed E-state index contributed by atoms with van der Waals surface area (Å²) in [5.74, 6) is -1.45. The van der Waals surface area contributed by atoms with E-state index in [2.05, 4.69) is 5.32 Å². The molecule has 1 aliphatic carbocycles.